The monoisotopic (exact) mass is 232 g/mol. The van der Waals surface area contributed by atoms with Gasteiger partial charge in [0, 0.05) is 29.9 Å². The summed E-state index contributed by atoms with van der Waals surface area (Å²) in [4.78, 5) is 5.43. The lowest BCUT2D eigenvalue weighted by atomic mass is 10.1. The normalized spacial score (nSPS) is 12.6. The number of nitrogens with one attached hydrogen (secondary N) is 1. The van der Waals surface area contributed by atoms with Crippen molar-refractivity contribution in [3.63, 3.8) is 0 Å². The second kappa shape index (κ2) is 5.77. The Hall–Kier alpha value is -1.19. The maximum absolute atomic E-state index is 4.02. The van der Waals surface area contributed by atoms with Crippen LogP contribution in [0.2, 0.25) is 0 Å². The Bertz CT molecular complexity index is 397. The summed E-state index contributed by atoms with van der Waals surface area (Å²) in [5.74, 6) is 0. The first-order chi connectivity index (χ1) is 7.90. The lowest BCUT2D eigenvalue weighted by Gasteiger charge is -2.15. The molecule has 2 aromatic rings. The van der Waals surface area contributed by atoms with Crippen molar-refractivity contribution in [1.29, 1.82) is 0 Å². The summed E-state index contributed by atoms with van der Waals surface area (Å²) in [6, 6.07) is 8.87. The number of hydrogen-bond acceptors (Lipinski definition) is 3. The highest BCUT2D eigenvalue weighted by Gasteiger charge is 2.08. The van der Waals surface area contributed by atoms with E-state index in [2.05, 4.69) is 34.7 Å². The summed E-state index contributed by atoms with van der Waals surface area (Å²) in [5.41, 5.74) is 1.28. The van der Waals surface area contributed by atoms with Crippen LogP contribution in [0.1, 0.15) is 29.8 Å². The van der Waals surface area contributed by atoms with Gasteiger partial charge in [0.1, 0.15) is 0 Å². The van der Waals surface area contributed by atoms with Crippen molar-refractivity contribution in [1.82, 2.24) is 10.3 Å². The van der Waals surface area contributed by atoms with Gasteiger partial charge in [-0.25, -0.2) is 0 Å². The van der Waals surface area contributed by atoms with Crippen LogP contribution in [0.15, 0.2) is 42.0 Å². The molecular formula is C13H16N2S. The van der Waals surface area contributed by atoms with Gasteiger partial charge in [-0.1, -0.05) is 13.0 Å². The largest absolute Gasteiger partial charge is 0.305 e. The molecule has 84 valence electrons. The highest BCUT2D eigenvalue weighted by Crippen LogP contribution is 2.21. The number of pyridine rings is 1. The molecule has 0 aliphatic rings. The van der Waals surface area contributed by atoms with Gasteiger partial charge < -0.3 is 5.32 Å². The van der Waals surface area contributed by atoms with E-state index in [1.807, 2.05) is 35.9 Å². The van der Waals surface area contributed by atoms with Crippen molar-refractivity contribution in [3.8, 4) is 0 Å². The Labute approximate surface area is 100 Å². The molecule has 2 aromatic heterocycles. The number of thiophene rings is 1. The molecule has 0 aliphatic carbocycles. The van der Waals surface area contributed by atoms with Gasteiger partial charge in [0.2, 0.25) is 0 Å². The van der Waals surface area contributed by atoms with Gasteiger partial charge in [0.15, 0.2) is 0 Å². The van der Waals surface area contributed by atoms with Crippen LogP contribution in [0.5, 0.6) is 0 Å². The van der Waals surface area contributed by atoms with Crippen LogP contribution >= 0.6 is 11.3 Å². The number of rotatable bonds is 5. The summed E-state index contributed by atoms with van der Waals surface area (Å²) in [7, 11) is 0. The second-order valence-electron chi connectivity index (χ2n) is 3.71. The molecule has 3 heteroatoms. The summed E-state index contributed by atoms with van der Waals surface area (Å²) >= 11 is 1.82. The van der Waals surface area contributed by atoms with Crippen LogP contribution < -0.4 is 5.32 Å². The molecule has 0 radical (unpaired) electrons. The van der Waals surface area contributed by atoms with Crippen molar-refractivity contribution in [2.24, 2.45) is 0 Å². The van der Waals surface area contributed by atoms with Crippen molar-refractivity contribution < 1.29 is 0 Å². The van der Waals surface area contributed by atoms with Crippen LogP contribution in [-0.2, 0) is 6.54 Å². The van der Waals surface area contributed by atoms with E-state index < -0.39 is 0 Å². The standard InChI is InChI=1S/C13H16N2S/c1-2-12(13-4-3-9-16-13)15-10-11-5-7-14-8-6-11/h3-9,12,15H,2,10H2,1H3. The Morgan fingerprint density at radius 3 is 2.75 bits per heavy atom. The van der Waals surface area contributed by atoms with E-state index in [0.717, 1.165) is 13.0 Å². The Morgan fingerprint density at radius 2 is 2.12 bits per heavy atom. The summed E-state index contributed by atoms with van der Waals surface area (Å²) in [6.07, 6.45) is 4.79. The maximum Gasteiger partial charge on any atom is 0.0414 e. The van der Waals surface area contributed by atoms with E-state index in [4.69, 9.17) is 0 Å². The van der Waals surface area contributed by atoms with Gasteiger partial charge in [-0.05, 0) is 35.6 Å². The molecule has 1 unspecified atom stereocenters. The first-order valence-corrected chi connectivity index (χ1v) is 6.44. The van der Waals surface area contributed by atoms with Crippen LogP contribution in [0, 0.1) is 0 Å². The highest BCUT2D eigenvalue weighted by molar-refractivity contribution is 7.10. The summed E-state index contributed by atoms with van der Waals surface area (Å²) in [5, 5.41) is 5.70. The van der Waals surface area contributed by atoms with Gasteiger partial charge in [-0.3, -0.25) is 4.98 Å². The topological polar surface area (TPSA) is 24.9 Å². The average molecular weight is 232 g/mol. The first-order valence-electron chi connectivity index (χ1n) is 5.56. The van der Waals surface area contributed by atoms with Gasteiger partial charge in [0.25, 0.3) is 0 Å². The third-order valence-electron chi connectivity index (χ3n) is 2.60. The number of aromatic nitrogens is 1. The number of hydrogen-bond donors (Lipinski definition) is 1. The zero-order chi connectivity index (χ0) is 11.2. The van der Waals surface area contributed by atoms with E-state index >= 15 is 0 Å². The minimum atomic E-state index is 0.466. The van der Waals surface area contributed by atoms with Crippen LogP contribution in [-0.4, -0.2) is 4.98 Å². The summed E-state index contributed by atoms with van der Waals surface area (Å²) < 4.78 is 0. The van der Waals surface area contributed by atoms with Crippen molar-refractivity contribution >= 4 is 11.3 Å². The van der Waals surface area contributed by atoms with Gasteiger partial charge in [-0.2, -0.15) is 0 Å². The van der Waals surface area contributed by atoms with Crippen LogP contribution in [0.25, 0.3) is 0 Å². The molecule has 0 amide bonds. The predicted octanol–water partition coefficient (Wildman–Crippen LogP) is 3.38. The highest BCUT2D eigenvalue weighted by atomic mass is 32.1. The Kier molecular flexibility index (Phi) is 4.08. The lowest BCUT2D eigenvalue weighted by Crippen LogP contribution is -2.19. The average Bonchev–Trinajstić information content (AvgIpc) is 2.85. The molecule has 0 spiro atoms. The molecule has 0 saturated heterocycles. The lowest BCUT2D eigenvalue weighted by molar-refractivity contribution is 0.526. The third kappa shape index (κ3) is 2.90. The smallest absolute Gasteiger partial charge is 0.0414 e. The van der Waals surface area contributed by atoms with E-state index in [1.165, 1.54) is 10.4 Å². The quantitative estimate of drug-likeness (QED) is 0.854. The fourth-order valence-corrected chi connectivity index (χ4v) is 2.56. The SMILES string of the molecule is CCC(NCc1ccncc1)c1cccs1. The van der Waals surface area contributed by atoms with Crippen molar-refractivity contribution in [2.45, 2.75) is 25.9 Å². The van der Waals surface area contributed by atoms with Crippen LogP contribution in [0.3, 0.4) is 0 Å². The van der Waals surface area contributed by atoms with E-state index in [1.54, 1.807) is 0 Å². The predicted molar refractivity (Wildman–Crippen MR) is 68.4 cm³/mol. The van der Waals surface area contributed by atoms with E-state index in [-0.39, 0.29) is 0 Å². The molecule has 16 heavy (non-hydrogen) atoms. The third-order valence-corrected chi connectivity index (χ3v) is 3.58. The van der Waals surface area contributed by atoms with Gasteiger partial charge >= 0.3 is 0 Å². The molecule has 0 fully saturated rings. The zero-order valence-electron chi connectivity index (χ0n) is 9.39. The molecule has 0 aliphatic heterocycles. The molecule has 1 N–H and O–H groups in total. The second-order valence-corrected chi connectivity index (χ2v) is 4.69. The van der Waals surface area contributed by atoms with Crippen molar-refractivity contribution in [2.75, 3.05) is 0 Å². The van der Waals surface area contributed by atoms with E-state index in [0.29, 0.717) is 6.04 Å². The molecule has 0 saturated carbocycles. The Morgan fingerprint density at radius 1 is 1.31 bits per heavy atom. The molecule has 2 heterocycles. The molecular weight excluding hydrogens is 216 g/mol. The zero-order valence-corrected chi connectivity index (χ0v) is 10.2. The molecule has 0 aromatic carbocycles. The van der Waals surface area contributed by atoms with E-state index in [9.17, 15) is 0 Å². The maximum atomic E-state index is 4.02. The molecule has 2 rings (SSSR count). The Balaban J connectivity index is 1.94. The minimum absolute atomic E-state index is 0.466. The van der Waals surface area contributed by atoms with Gasteiger partial charge in [-0.15, -0.1) is 11.3 Å². The minimum Gasteiger partial charge on any atom is -0.305 e. The number of nitrogens with zero attached hydrogens (tertiary/aromatic N) is 1. The van der Waals surface area contributed by atoms with Crippen LogP contribution in [0.4, 0.5) is 0 Å². The van der Waals surface area contributed by atoms with Crippen molar-refractivity contribution in [3.05, 3.63) is 52.5 Å². The fourth-order valence-electron chi connectivity index (χ4n) is 1.68. The first kappa shape index (κ1) is 11.3. The van der Waals surface area contributed by atoms with Gasteiger partial charge in [0.05, 0.1) is 0 Å². The molecule has 1 atom stereocenters. The molecule has 0 bridgehead atoms. The fraction of sp³-hybridized carbons (Fsp3) is 0.308. The summed E-state index contributed by atoms with van der Waals surface area (Å²) in [6.45, 7) is 3.11. The molecule has 2 nitrogen and oxygen atoms in total.